The maximum absolute atomic E-state index is 13.4. The predicted molar refractivity (Wildman–Crippen MR) is 95.0 cm³/mol. The van der Waals surface area contributed by atoms with Crippen molar-refractivity contribution in [3.8, 4) is 0 Å². The third-order valence-corrected chi connectivity index (χ3v) is 4.34. The van der Waals surface area contributed by atoms with Crippen LogP contribution in [0.4, 0.5) is 21.0 Å². The van der Waals surface area contributed by atoms with Crippen molar-refractivity contribution in [2.24, 2.45) is 0 Å². The number of urea groups is 1. The van der Waals surface area contributed by atoms with E-state index in [1.807, 2.05) is 25.1 Å². The Balaban J connectivity index is 1.74. The highest BCUT2D eigenvalue weighted by atomic mass is 19.1. The lowest BCUT2D eigenvalue weighted by Crippen LogP contribution is -2.46. The number of anilines is 2. The Morgan fingerprint density at radius 3 is 2.76 bits per heavy atom. The predicted octanol–water partition coefficient (Wildman–Crippen LogP) is 3.27. The van der Waals surface area contributed by atoms with Crippen molar-refractivity contribution in [1.29, 1.82) is 0 Å². The summed E-state index contributed by atoms with van der Waals surface area (Å²) < 4.78 is 13.4. The monoisotopic (exact) mass is 343 g/mol. The number of nitrogens with one attached hydrogen (secondary N) is 1. The van der Waals surface area contributed by atoms with E-state index in [4.69, 9.17) is 0 Å². The average Bonchev–Trinajstić information content (AvgIpc) is 2.53. The first-order valence-electron chi connectivity index (χ1n) is 8.35. The Morgan fingerprint density at radius 2 is 2.12 bits per heavy atom. The van der Waals surface area contributed by atoms with Crippen molar-refractivity contribution in [2.45, 2.75) is 31.8 Å². The van der Waals surface area contributed by atoms with Gasteiger partial charge >= 0.3 is 6.03 Å². The molecule has 1 heterocycles. The first-order valence-corrected chi connectivity index (χ1v) is 8.35. The number of hydrogen-bond acceptors (Lipinski definition) is 4. The molecule has 1 saturated carbocycles. The van der Waals surface area contributed by atoms with E-state index in [-0.39, 0.29) is 23.8 Å². The van der Waals surface area contributed by atoms with Gasteiger partial charge in [-0.15, -0.1) is 0 Å². The highest BCUT2D eigenvalue weighted by Gasteiger charge is 2.29. The standard InChI is InChI=1S/C18H22FN5O/c1-23(2)16-9-10-20-17(21-16)22-18(25)24(15-7-4-8-15)12-13-5-3-6-14(19)11-13/h3,5-6,9-11,15H,4,7-8,12H2,1-2H3,(H,20,21,22,25). The molecule has 0 saturated heterocycles. The first kappa shape index (κ1) is 17.1. The lowest BCUT2D eigenvalue weighted by atomic mass is 9.91. The molecular weight excluding hydrogens is 321 g/mol. The van der Waals surface area contributed by atoms with E-state index < -0.39 is 0 Å². The topological polar surface area (TPSA) is 61.4 Å². The van der Waals surface area contributed by atoms with Crippen LogP contribution in [0.2, 0.25) is 0 Å². The minimum atomic E-state index is -0.298. The highest BCUT2D eigenvalue weighted by molar-refractivity contribution is 5.87. The zero-order valence-corrected chi connectivity index (χ0v) is 14.4. The Bertz CT molecular complexity index is 748. The van der Waals surface area contributed by atoms with Gasteiger partial charge in [0, 0.05) is 32.9 Å². The lowest BCUT2D eigenvalue weighted by molar-refractivity contribution is 0.143. The normalized spacial score (nSPS) is 13.9. The molecule has 2 amide bonds. The number of amides is 2. The van der Waals surface area contributed by atoms with Gasteiger partial charge in [-0.2, -0.15) is 4.98 Å². The quantitative estimate of drug-likeness (QED) is 0.905. The molecule has 1 aliphatic rings. The molecule has 2 aromatic rings. The number of benzene rings is 1. The fourth-order valence-corrected chi connectivity index (χ4v) is 2.72. The number of carbonyl (C=O) groups excluding carboxylic acids is 1. The summed E-state index contributed by atoms with van der Waals surface area (Å²) in [5, 5.41) is 2.77. The summed E-state index contributed by atoms with van der Waals surface area (Å²) in [6, 6.07) is 8.02. The summed E-state index contributed by atoms with van der Waals surface area (Å²) in [6.45, 7) is 0.363. The summed E-state index contributed by atoms with van der Waals surface area (Å²) in [4.78, 5) is 24.8. The molecular formula is C18H22FN5O. The minimum absolute atomic E-state index is 0.167. The molecule has 0 spiro atoms. The molecule has 1 aromatic carbocycles. The van der Waals surface area contributed by atoms with Crippen molar-refractivity contribution < 1.29 is 9.18 Å². The minimum Gasteiger partial charge on any atom is -0.363 e. The van der Waals surface area contributed by atoms with Gasteiger partial charge in [0.1, 0.15) is 11.6 Å². The average molecular weight is 343 g/mol. The van der Waals surface area contributed by atoms with Gasteiger partial charge in [0.25, 0.3) is 0 Å². The maximum Gasteiger partial charge on any atom is 0.324 e. The summed E-state index contributed by atoms with van der Waals surface area (Å²) in [5.41, 5.74) is 0.769. The molecule has 1 aromatic heterocycles. The molecule has 25 heavy (non-hydrogen) atoms. The van der Waals surface area contributed by atoms with E-state index in [0.29, 0.717) is 12.4 Å². The first-order chi connectivity index (χ1) is 12.0. The Labute approximate surface area is 146 Å². The summed E-state index contributed by atoms with van der Waals surface area (Å²) in [5.74, 6) is 0.680. The molecule has 0 aliphatic heterocycles. The van der Waals surface area contributed by atoms with Gasteiger partial charge in [-0.3, -0.25) is 5.32 Å². The number of carbonyl (C=O) groups is 1. The number of hydrogen-bond donors (Lipinski definition) is 1. The van der Waals surface area contributed by atoms with E-state index in [0.717, 1.165) is 24.8 Å². The van der Waals surface area contributed by atoms with Crippen LogP contribution in [0.15, 0.2) is 36.5 Å². The van der Waals surface area contributed by atoms with Crippen LogP contribution < -0.4 is 10.2 Å². The van der Waals surface area contributed by atoms with Crippen LogP contribution in [-0.4, -0.2) is 41.0 Å². The van der Waals surface area contributed by atoms with E-state index in [9.17, 15) is 9.18 Å². The smallest absolute Gasteiger partial charge is 0.324 e. The fourth-order valence-electron chi connectivity index (χ4n) is 2.72. The van der Waals surface area contributed by atoms with E-state index in [2.05, 4.69) is 15.3 Å². The Kier molecular flexibility index (Phi) is 5.11. The SMILES string of the molecule is CN(C)c1ccnc(NC(=O)N(Cc2cccc(F)c2)C2CCC2)n1. The molecule has 132 valence electrons. The lowest BCUT2D eigenvalue weighted by Gasteiger charge is -2.37. The van der Waals surface area contributed by atoms with Gasteiger partial charge in [-0.25, -0.2) is 14.2 Å². The van der Waals surface area contributed by atoms with Crippen molar-refractivity contribution in [3.05, 3.63) is 47.9 Å². The van der Waals surface area contributed by atoms with Gasteiger partial charge in [-0.05, 0) is 43.0 Å². The second kappa shape index (κ2) is 7.46. The van der Waals surface area contributed by atoms with Crippen molar-refractivity contribution >= 4 is 17.8 Å². The van der Waals surface area contributed by atoms with Gasteiger partial charge in [-0.1, -0.05) is 12.1 Å². The van der Waals surface area contributed by atoms with Crippen LogP contribution in [-0.2, 0) is 6.54 Å². The molecule has 0 unspecified atom stereocenters. The Hall–Kier alpha value is -2.70. The van der Waals surface area contributed by atoms with Crippen LogP contribution in [0.3, 0.4) is 0 Å². The molecule has 0 bridgehead atoms. The van der Waals surface area contributed by atoms with Crippen LogP contribution in [0.5, 0.6) is 0 Å². The van der Waals surface area contributed by atoms with E-state index in [1.54, 1.807) is 23.2 Å². The van der Waals surface area contributed by atoms with Gasteiger partial charge < -0.3 is 9.80 Å². The third kappa shape index (κ3) is 4.23. The van der Waals surface area contributed by atoms with Crippen molar-refractivity contribution in [1.82, 2.24) is 14.9 Å². The molecule has 7 heteroatoms. The number of nitrogens with zero attached hydrogens (tertiary/aromatic N) is 4. The summed E-state index contributed by atoms with van der Waals surface area (Å²) in [6.07, 6.45) is 4.63. The summed E-state index contributed by atoms with van der Waals surface area (Å²) >= 11 is 0. The molecule has 3 rings (SSSR count). The number of aromatic nitrogens is 2. The second-order valence-corrected chi connectivity index (χ2v) is 6.41. The van der Waals surface area contributed by atoms with Crippen LogP contribution in [0.25, 0.3) is 0 Å². The van der Waals surface area contributed by atoms with Crippen LogP contribution >= 0.6 is 0 Å². The van der Waals surface area contributed by atoms with Gasteiger partial charge in [0.05, 0.1) is 0 Å². The number of rotatable bonds is 5. The maximum atomic E-state index is 13.4. The van der Waals surface area contributed by atoms with Crippen LogP contribution in [0.1, 0.15) is 24.8 Å². The molecule has 6 nitrogen and oxygen atoms in total. The van der Waals surface area contributed by atoms with E-state index in [1.165, 1.54) is 12.1 Å². The van der Waals surface area contributed by atoms with Crippen LogP contribution in [0, 0.1) is 5.82 Å². The molecule has 1 aliphatic carbocycles. The largest absolute Gasteiger partial charge is 0.363 e. The zero-order valence-electron chi connectivity index (χ0n) is 14.4. The molecule has 1 N–H and O–H groups in total. The molecule has 0 radical (unpaired) electrons. The van der Waals surface area contributed by atoms with E-state index >= 15 is 0 Å². The zero-order chi connectivity index (χ0) is 17.8. The van der Waals surface area contributed by atoms with Crippen molar-refractivity contribution in [3.63, 3.8) is 0 Å². The van der Waals surface area contributed by atoms with Crippen molar-refractivity contribution in [2.75, 3.05) is 24.3 Å². The second-order valence-electron chi connectivity index (χ2n) is 6.41. The third-order valence-electron chi connectivity index (χ3n) is 4.34. The van der Waals surface area contributed by atoms with Gasteiger partial charge in [0.2, 0.25) is 5.95 Å². The number of halogens is 1. The fraction of sp³-hybridized carbons (Fsp3) is 0.389. The molecule has 1 fully saturated rings. The Morgan fingerprint density at radius 1 is 1.32 bits per heavy atom. The summed E-state index contributed by atoms with van der Waals surface area (Å²) in [7, 11) is 3.75. The molecule has 0 atom stereocenters. The van der Waals surface area contributed by atoms with Gasteiger partial charge in [0.15, 0.2) is 0 Å². The highest BCUT2D eigenvalue weighted by Crippen LogP contribution is 2.27.